The lowest BCUT2D eigenvalue weighted by molar-refractivity contribution is 0.139. The lowest BCUT2D eigenvalue weighted by atomic mass is 10.4. The van der Waals surface area contributed by atoms with E-state index in [1.165, 1.54) is 0 Å². The van der Waals surface area contributed by atoms with Crippen molar-refractivity contribution in [3.05, 3.63) is 0 Å². The molecule has 0 aromatic rings. The normalized spacial score (nSPS) is 14.1. The van der Waals surface area contributed by atoms with Crippen LogP contribution in [-0.2, 0) is 4.18 Å². The van der Waals surface area contributed by atoms with E-state index in [0.717, 1.165) is 0 Å². The van der Waals surface area contributed by atoms with Gasteiger partial charge in [0, 0.05) is 0 Å². The van der Waals surface area contributed by atoms with Gasteiger partial charge in [0.1, 0.15) is 0 Å². The Morgan fingerprint density at radius 2 is 2.43 bits per heavy atom. The Labute approximate surface area is 53.0 Å². The van der Waals surface area contributed by atoms with Gasteiger partial charge in [0.2, 0.25) is 0 Å². The number of aliphatic hydroxyl groups excluding tert-OH is 1. The molecule has 1 atom stereocenters. The SMILES string of the molecule is OC(CCl)COS. The molecule has 0 aliphatic heterocycles. The highest BCUT2D eigenvalue weighted by atomic mass is 35.5. The van der Waals surface area contributed by atoms with E-state index in [2.05, 4.69) is 17.1 Å². The van der Waals surface area contributed by atoms with Crippen molar-refractivity contribution in [3.8, 4) is 0 Å². The molecule has 2 nitrogen and oxygen atoms in total. The molecule has 0 aliphatic rings. The highest BCUT2D eigenvalue weighted by Gasteiger charge is 1.97. The predicted octanol–water partition coefficient (Wildman–Crippen LogP) is 0.448. The summed E-state index contributed by atoms with van der Waals surface area (Å²) in [5.41, 5.74) is 0. The minimum atomic E-state index is -0.584. The second kappa shape index (κ2) is 4.71. The average Bonchev–Trinajstić information content (AvgIpc) is 1.68. The standard InChI is InChI=1S/C3H7ClO2S/c4-1-3(5)2-6-7/h3,5,7H,1-2H2. The Morgan fingerprint density at radius 1 is 1.86 bits per heavy atom. The molecule has 7 heavy (non-hydrogen) atoms. The van der Waals surface area contributed by atoms with E-state index >= 15 is 0 Å². The van der Waals surface area contributed by atoms with Gasteiger partial charge in [0.15, 0.2) is 0 Å². The van der Waals surface area contributed by atoms with E-state index in [4.69, 9.17) is 16.7 Å². The van der Waals surface area contributed by atoms with Crippen molar-refractivity contribution in [2.45, 2.75) is 6.10 Å². The van der Waals surface area contributed by atoms with Crippen LogP contribution in [-0.4, -0.2) is 23.7 Å². The third-order valence-electron chi connectivity index (χ3n) is 0.445. The first-order chi connectivity index (χ1) is 3.31. The third-order valence-corrected chi connectivity index (χ3v) is 0.950. The molecular formula is C3H7ClO2S. The van der Waals surface area contributed by atoms with Crippen molar-refractivity contribution in [1.82, 2.24) is 0 Å². The van der Waals surface area contributed by atoms with Gasteiger partial charge in [-0.15, -0.1) is 11.6 Å². The molecule has 0 fully saturated rings. The monoisotopic (exact) mass is 142 g/mol. The van der Waals surface area contributed by atoms with E-state index in [0.29, 0.717) is 0 Å². The van der Waals surface area contributed by atoms with Gasteiger partial charge in [-0.3, -0.25) is 0 Å². The van der Waals surface area contributed by atoms with Gasteiger partial charge in [-0.1, -0.05) is 0 Å². The number of aliphatic hydroxyl groups is 1. The van der Waals surface area contributed by atoms with Crippen molar-refractivity contribution < 1.29 is 9.29 Å². The minimum Gasteiger partial charge on any atom is -0.389 e. The Bertz CT molecular complexity index is 43.9. The van der Waals surface area contributed by atoms with Crippen molar-refractivity contribution in [2.24, 2.45) is 0 Å². The zero-order chi connectivity index (χ0) is 5.70. The molecular weight excluding hydrogens is 136 g/mol. The van der Waals surface area contributed by atoms with Crippen LogP contribution in [0.5, 0.6) is 0 Å². The zero-order valence-corrected chi connectivity index (χ0v) is 5.32. The molecule has 0 heterocycles. The van der Waals surface area contributed by atoms with Gasteiger partial charge in [-0.25, -0.2) is 0 Å². The van der Waals surface area contributed by atoms with E-state index in [-0.39, 0.29) is 12.5 Å². The van der Waals surface area contributed by atoms with Crippen LogP contribution >= 0.6 is 24.5 Å². The first-order valence-corrected chi connectivity index (χ1v) is 2.71. The molecule has 0 spiro atoms. The fraction of sp³-hybridized carbons (Fsp3) is 1.00. The van der Waals surface area contributed by atoms with Gasteiger partial charge in [0.25, 0.3) is 0 Å². The molecule has 0 rings (SSSR count). The second-order valence-electron chi connectivity index (χ2n) is 1.10. The smallest absolute Gasteiger partial charge is 0.0921 e. The summed E-state index contributed by atoms with van der Waals surface area (Å²) in [6.07, 6.45) is -0.584. The highest BCUT2D eigenvalue weighted by Crippen LogP contribution is 1.89. The Balaban J connectivity index is 2.83. The summed E-state index contributed by atoms with van der Waals surface area (Å²) in [5, 5.41) is 8.55. The van der Waals surface area contributed by atoms with Crippen LogP contribution in [0.2, 0.25) is 0 Å². The Morgan fingerprint density at radius 3 is 2.57 bits per heavy atom. The van der Waals surface area contributed by atoms with Crippen LogP contribution in [0.25, 0.3) is 0 Å². The van der Waals surface area contributed by atoms with E-state index in [1.54, 1.807) is 0 Å². The molecule has 0 saturated heterocycles. The van der Waals surface area contributed by atoms with Crippen LogP contribution in [0, 0.1) is 0 Å². The van der Waals surface area contributed by atoms with Gasteiger partial charge < -0.3 is 9.29 Å². The lowest BCUT2D eigenvalue weighted by Crippen LogP contribution is -2.13. The highest BCUT2D eigenvalue weighted by molar-refractivity contribution is 7.75. The maximum Gasteiger partial charge on any atom is 0.0921 e. The number of hydrogen-bond acceptors (Lipinski definition) is 3. The molecule has 1 N–H and O–H groups in total. The minimum absolute atomic E-state index is 0.187. The quantitative estimate of drug-likeness (QED) is 0.341. The van der Waals surface area contributed by atoms with Crippen LogP contribution < -0.4 is 0 Å². The summed E-state index contributed by atoms with van der Waals surface area (Å²) in [6, 6.07) is 0. The van der Waals surface area contributed by atoms with Crippen LogP contribution in [0.15, 0.2) is 0 Å². The maximum absolute atomic E-state index is 8.55. The second-order valence-corrected chi connectivity index (χ2v) is 1.67. The molecule has 44 valence electrons. The van der Waals surface area contributed by atoms with Crippen molar-refractivity contribution in [1.29, 1.82) is 0 Å². The van der Waals surface area contributed by atoms with Gasteiger partial charge in [0.05, 0.1) is 18.6 Å². The number of halogens is 1. The summed E-state index contributed by atoms with van der Waals surface area (Å²) >= 11 is 8.56. The summed E-state index contributed by atoms with van der Waals surface area (Å²) in [6.45, 7) is 0.187. The molecule has 0 radical (unpaired) electrons. The molecule has 1 unspecified atom stereocenters. The first kappa shape index (κ1) is 7.56. The van der Waals surface area contributed by atoms with Crippen molar-refractivity contribution >= 4 is 24.5 Å². The molecule has 0 bridgehead atoms. The summed E-state index contributed by atoms with van der Waals surface area (Å²) in [7, 11) is 0. The fourth-order valence-electron chi connectivity index (χ4n) is 0.131. The zero-order valence-electron chi connectivity index (χ0n) is 3.67. The van der Waals surface area contributed by atoms with Crippen LogP contribution in [0.1, 0.15) is 0 Å². The van der Waals surface area contributed by atoms with Gasteiger partial charge in [-0.05, 0) is 12.9 Å². The van der Waals surface area contributed by atoms with Crippen molar-refractivity contribution in [2.75, 3.05) is 12.5 Å². The van der Waals surface area contributed by atoms with Crippen LogP contribution in [0.4, 0.5) is 0 Å². The van der Waals surface area contributed by atoms with E-state index in [9.17, 15) is 0 Å². The molecule has 4 heteroatoms. The number of thiol groups is 1. The summed E-state index contributed by atoms with van der Waals surface area (Å²) < 4.78 is 4.25. The first-order valence-electron chi connectivity index (χ1n) is 1.81. The largest absolute Gasteiger partial charge is 0.389 e. The Kier molecular flexibility index (Phi) is 5.09. The van der Waals surface area contributed by atoms with Gasteiger partial charge in [-0.2, -0.15) is 0 Å². The lowest BCUT2D eigenvalue weighted by Gasteiger charge is -2.00. The number of hydrogen-bond donors (Lipinski definition) is 2. The average molecular weight is 143 g/mol. The molecule has 0 aromatic carbocycles. The topological polar surface area (TPSA) is 29.5 Å². The third kappa shape index (κ3) is 4.41. The van der Waals surface area contributed by atoms with Crippen molar-refractivity contribution in [3.63, 3.8) is 0 Å². The molecule has 0 saturated carbocycles. The number of alkyl halides is 1. The molecule has 0 amide bonds. The maximum atomic E-state index is 8.55. The summed E-state index contributed by atoms with van der Waals surface area (Å²) in [5.74, 6) is 0.195. The summed E-state index contributed by atoms with van der Waals surface area (Å²) in [4.78, 5) is 0. The van der Waals surface area contributed by atoms with E-state index < -0.39 is 6.10 Å². The molecule has 0 aliphatic carbocycles. The molecule has 0 aromatic heterocycles. The fourth-order valence-corrected chi connectivity index (χ4v) is 0.392. The number of rotatable bonds is 3. The Hall–Kier alpha value is 0.560. The van der Waals surface area contributed by atoms with Gasteiger partial charge >= 0.3 is 0 Å². The predicted molar refractivity (Wildman–Crippen MR) is 31.7 cm³/mol. The van der Waals surface area contributed by atoms with E-state index in [1.807, 2.05) is 0 Å². The van der Waals surface area contributed by atoms with Crippen LogP contribution in [0.3, 0.4) is 0 Å².